The normalized spacial score (nSPS) is 22.2. The Morgan fingerprint density at radius 2 is 2.15 bits per heavy atom. The Morgan fingerprint density at radius 1 is 1.45 bits per heavy atom. The summed E-state index contributed by atoms with van der Waals surface area (Å²) in [5.41, 5.74) is 0.426. The Bertz CT molecular complexity index is 469. The molecule has 2 fully saturated rings. The number of carbonyl (C=O) groups excluding carboxylic acids is 1. The lowest BCUT2D eigenvalue weighted by atomic mass is 9.84. The van der Waals surface area contributed by atoms with E-state index in [1.807, 2.05) is 0 Å². The maximum absolute atomic E-state index is 11.6. The van der Waals surface area contributed by atoms with Crippen LogP contribution in [0.15, 0.2) is 6.20 Å². The molecule has 0 amide bonds. The van der Waals surface area contributed by atoms with E-state index in [2.05, 4.69) is 9.97 Å². The van der Waals surface area contributed by atoms with Crippen molar-refractivity contribution in [2.24, 2.45) is 0 Å². The molecule has 1 aliphatic carbocycles. The predicted molar refractivity (Wildman–Crippen MR) is 70.4 cm³/mol. The summed E-state index contributed by atoms with van der Waals surface area (Å²) in [5, 5.41) is 0. The number of aromatic amines is 1. The molecule has 1 N–H and O–H groups in total. The van der Waals surface area contributed by atoms with Crippen LogP contribution in [0, 0.1) is 0 Å². The molecule has 0 unspecified atom stereocenters. The second-order valence-electron chi connectivity index (χ2n) is 5.28. The fourth-order valence-corrected chi connectivity index (χ4v) is 2.97. The van der Waals surface area contributed by atoms with Gasteiger partial charge in [0.05, 0.1) is 26.0 Å². The number of carbonyl (C=O) groups is 1. The molecule has 1 aromatic rings. The van der Waals surface area contributed by atoms with Crippen molar-refractivity contribution < 1.29 is 19.0 Å². The van der Waals surface area contributed by atoms with E-state index in [1.165, 1.54) is 0 Å². The minimum atomic E-state index is -0.354. The summed E-state index contributed by atoms with van der Waals surface area (Å²) >= 11 is 0. The zero-order valence-electron chi connectivity index (χ0n) is 11.7. The summed E-state index contributed by atoms with van der Waals surface area (Å²) in [4.78, 5) is 19.0. The molecule has 1 saturated heterocycles. The van der Waals surface area contributed by atoms with Gasteiger partial charge in [-0.2, -0.15) is 0 Å². The lowest BCUT2D eigenvalue weighted by molar-refractivity contribution is -0.179. The van der Waals surface area contributed by atoms with Crippen LogP contribution in [-0.4, -0.2) is 41.5 Å². The number of H-pyrrole nitrogens is 1. The molecule has 0 aromatic carbocycles. The molecule has 1 spiro atoms. The van der Waals surface area contributed by atoms with Gasteiger partial charge < -0.3 is 19.2 Å². The summed E-state index contributed by atoms with van der Waals surface area (Å²) in [5.74, 6) is 0.492. The predicted octanol–water partition coefficient (Wildman–Crippen LogP) is 1.99. The van der Waals surface area contributed by atoms with Crippen LogP contribution in [-0.2, 0) is 14.2 Å². The van der Waals surface area contributed by atoms with Crippen molar-refractivity contribution in [3.63, 3.8) is 0 Å². The van der Waals surface area contributed by atoms with E-state index in [4.69, 9.17) is 14.2 Å². The number of hydrogen-bond acceptors (Lipinski definition) is 5. The second kappa shape index (κ2) is 5.54. The molecular weight excluding hydrogens is 260 g/mol. The first kappa shape index (κ1) is 13.6. The minimum absolute atomic E-state index is 0.330. The highest BCUT2D eigenvalue weighted by atomic mass is 16.7. The van der Waals surface area contributed by atoms with Crippen molar-refractivity contribution in [1.29, 1.82) is 0 Å². The summed E-state index contributed by atoms with van der Waals surface area (Å²) in [6.45, 7) is 3.54. The Hall–Kier alpha value is -1.40. The highest BCUT2D eigenvalue weighted by Crippen LogP contribution is 2.41. The smallest absolute Gasteiger partial charge is 0.356 e. The monoisotopic (exact) mass is 280 g/mol. The number of nitrogens with one attached hydrogen (secondary N) is 1. The maximum Gasteiger partial charge on any atom is 0.356 e. The summed E-state index contributed by atoms with van der Waals surface area (Å²) < 4.78 is 16.4. The summed E-state index contributed by atoms with van der Waals surface area (Å²) in [7, 11) is 0. The van der Waals surface area contributed by atoms with Gasteiger partial charge >= 0.3 is 5.97 Å². The lowest BCUT2D eigenvalue weighted by Gasteiger charge is -2.34. The van der Waals surface area contributed by atoms with Gasteiger partial charge in [0.15, 0.2) is 5.79 Å². The van der Waals surface area contributed by atoms with Crippen molar-refractivity contribution in [3.05, 3.63) is 17.7 Å². The van der Waals surface area contributed by atoms with E-state index in [9.17, 15) is 4.79 Å². The van der Waals surface area contributed by atoms with Crippen LogP contribution in [0.3, 0.4) is 0 Å². The number of nitrogens with zero attached hydrogens (tertiary/aromatic N) is 1. The zero-order valence-corrected chi connectivity index (χ0v) is 11.7. The summed E-state index contributed by atoms with van der Waals surface area (Å²) in [6.07, 6.45) is 5.23. The molecule has 2 aliphatic rings. The quantitative estimate of drug-likeness (QED) is 0.857. The third-order valence-corrected chi connectivity index (χ3v) is 4.04. The highest BCUT2D eigenvalue weighted by molar-refractivity contribution is 5.86. The summed E-state index contributed by atoms with van der Waals surface area (Å²) in [6, 6.07) is 0. The molecule has 6 heteroatoms. The van der Waals surface area contributed by atoms with Crippen LogP contribution >= 0.6 is 0 Å². The average Bonchev–Trinajstić information content (AvgIpc) is 3.10. The van der Waals surface area contributed by atoms with Gasteiger partial charge in [0, 0.05) is 18.8 Å². The Kier molecular flexibility index (Phi) is 3.76. The van der Waals surface area contributed by atoms with Gasteiger partial charge in [-0.05, 0) is 19.8 Å². The second-order valence-corrected chi connectivity index (χ2v) is 5.28. The van der Waals surface area contributed by atoms with Crippen LogP contribution in [0.2, 0.25) is 0 Å². The Labute approximate surface area is 117 Å². The fraction of sp³-hybridized carbons (Fsp3) is 0.714. The molecule has 1 aromatic heterocycles. The number of imidazole rings is 1. The van der Waals surface area contributed by atoms with E-state index in [-0.39, 0.29) is 11.8 Å². The molecule has 6 nitrogen and oxygen atoms in total. The van der Waals surface area contributed by atoms with E-state index in [1.54, 1.807) is 13.1 Å². The Morgan fingerprint density at radius 3 is 2.80 bits per heavy atom. The third-order valence-electron chi connectivity index (χ3n) is 4.04. The topological polar surface area (TPSA) is 73.4 Å². The highest BCUT2D eigenvalue weighted by Gasteiger charge is 2.41. The molecular formula is C14H20N2O4. The van der Waals surface area contributed by atoms with E-state index in [0.29, 0.717) is 31.4 Å². The molecule has 0 atom stereocenters. The van der Waals surface area contributed by atoms with Crippen LogP contribution in [0.5, 0.6) is 0 Å². The number of esters is 1. The van der Waals surface area contributed by atoms with Crippen molar-refractivity contribution >= 4 is 5.97 Å². The number of hydrogen-bond donors (Lipinski definition) is 1. The molecule has 0 radical (unpaired) electrons. The first-order chi connectivity index (χ1) is 9.72. The standard InChI is InChI=1S/C14H20N2O4/c1-2-18-13(17)11-9-15-12(16-11)10-3-5-14(6-4-10)19-7-8-20-14/h9-10H,2-8H2,1H3,(H,15,16). The van der Waals surface area contributed by atoms with E-state index < -0.39 is 0 Å². The molecule has 0 bridgehead atoms. The maximum atomic E-state index is 11.6. The van der Waals surface area contributed by atoms with Gasteiger partial charge in [0.25, 0.3) is 0 Å². The molecule has 1 aliphatic heterocycles. The largest absolute Gasteiger partial charge is 0.461 e. The van der Waals surface area contributed by atoms with Gasteiger partial charge in [-0.25, -0.2) is 9.78 Å². The lowest BCUT2D eigenvalue weighted by Crippen LogP contribution is -2.34. The van der Waals surface area contributed by atoms with Crippen molar-refractivity contribution in [2.75, 3.05) is 19.8 Å². The fourth-order valence-electron chi connectivity index (χ4n) is 2.97. The minimum Gasteiger partial charge on any atom is -0.461 e. The van der Waals surface area contributed by atoms with Gasteiger partial charge in [0.2, 0.25) is 0 Å². The Balaban J connectivity index is 1.62. The zero-order chi connectivity index (χ0) is 14.0. The van der Waals surface area contributed by atoms with Gasteiger partial charge in [-0.15, -0.1) is 0 Å². The van der Waals surface area contributed by atoms with Crippen LogP contribution in [0.25, 0.3) is 0 Å². The van der Waals surface area contributed by atoms with Gasteiger partial charge in [-0.1, -0.05) is 0 Å². The van der Waals surface area contributed by atoms with E-state index in [0.717, 1.165) is 31.5 Å². The molecule has 20 heavy (non-hydrogen) atoms. The molecule has 110 valence electrons. The molecule has 1 saturated carbocycles. The van der Waals surface area contributed by atoms with Crippen LogP contribution < -0.4 is 0 Å². The molecule has 3 rings (SSSR count). The average molecular weight is 280 g/mol. The first-order valence-electron chi connectivity index (χ1n) is 7.22. The van der Waals surface area contributed by atoms with Crippen LogP contribution in [0.1, 0.15) is 54.8 Å². The van der Waals surface area contributed by atoms with Crippen LogP contribution in [0.4, 0.5) is 0 Å². The van der Waals surface area contributed by atoms with E-state index >= 15 is 0 Å². The molecule has 2 heterocycles. The van der Waals surface area contributed by atoms with Crippen molar-refractivity contribution in [3.8, 4) is 0 Å². The number of ether oxygens (including phenoxy) is 3. The van der Waals surface area contributed by atoms with Gasteiger partial charge in [0.1, 0.15) is 11.5 Å². The van der Waals surface area contributed by atoms with Crippen molar-refractivity contribution in [2.45, 2.75) is 44.3 Å². The van der Waals surface area contributed by atoms with Gasteiger partial charge in [-0.3, -0.25) is 0 Å². The SMILES string of the molecule is CCOC(=O)c1cnc(C2CCC3(CC2)OCCO3)[nH]1. The third kappa shape index (κ3) is 2.58. The van der Waals surface area contributed by atoms with Crippen molar-refractivity contribution in [1.82, 2.24) is 9.97 Å². The first-order valence-corrected chi connectivity index (χ1v) is 7.22. The number of aromatic nitrogens is 2. The number of rotatable bonds is 3.